The molecular formula is C13H21NO3S. The summed E-state index contributed by atoms with van der Waals surface area (Å²) in [6, 6.07) is 5.73. The number of hydrogen-bond donors (Lipinski definition) is 1. The van der Waals surface area contributed by atoms with Gasteiger partial charge in [0.15, 0.2) is 0 Å². The van der Waals surface area contributed by atoms with Crippen LogP contribution >= 0.6 is 0 Å². The van der Waals surface area contributed by atoms with E-state index in [0.29, 0.717) is 6.54 Å². The number of hydrogen-bond acceptors (Lipinski definition) is 3. The van der Waals surface area contributed by atoms with Crippen molar-refractivity contribution >= 4 is 10.0 Å². The van der Waals surface area contributed by atoms with Gasteiger partial charge in [-0.15, -0.1) is 0 Å². The molecule has 0 aliphatic carbocycles. The fourth-order valence-corrected chi connectivity index (χ4v) is 2.09. The van der Waals surface area contributed by atoms with Gasteiger partial charge in [-0.3, -0.25) is 0 Å². The van der Waals surface area contributed by atoms with Gasteiger partial charge in [0.25, 0.3) is 0 Å². The third-order valence-electron chi connectivity index (χ3n) is 2.61. The normalized spacial score (nSPS) is 12.5. The molecule has 1 aromatic rings. The average molecular weight is 271 g/mol. The third kappa shape index (κ3) is 4.31. The number of rotatable bonds is 4. The van der Waals surface area contributed by atoms with E-state index in [1.807, 2.05) is 18.2 Å². The lowest BCUT2D eigenvalue weighted by atomic mass is 9.85. The van der Waals surface area contributed by atoms with E-state index in [2.05, 4.69) is 25.5 Å². The molecule has 1 rings (SSSR count). The largest absolute Gasteiger partial charge is 0.496 e. The maximum absolute atomic E-state index is 11.1. The molecule has 0 spiro atoms. The Kier molecular flexibility index (Phi) is 4.40. The van der Waals surface area contributed by atoms with Gasteiger partial charge in [0.2, 0.25) is 10.0 Å². The SMILES string of the molecule is COc1ccc(CNS(C)(=O)=O)cc1C(C)(C)C. The highest BCUT2D eigenvalue weighted by molar-refractivity contribution is 7.88. The Labute approximate surface area is 109 Å². The Morgan fingerprint density at radius 2 is 1.89 bits per heavy atom. The third-order valence-corrected chi connectivity index (χ3v) is 3.28. The molecule has 0 bridgehead atoms. The maximum Gasteiger partial charge on any atom is 0.209 e. The van der Waals surface area contributed by atoms with Crippen molar-refractivity contribution in [2.24, 2.45) is 0 Å². The first-order chi connectivity index (χ1) is 8.13. The summed E-state index contributed by atoms with van der Waals surface area (Å²) in [6.07, 6.45) is 1.15. The minimum absolute atomic E-state index is 0.0492. The molecule has 1 N–H and O–H groups in total. The first kappa shape index (κ1) is 15.0. The zero-order valence-corrected chi connectivity index (χ0v) is 12.4. The van der Waals surface area contributed by atoms with Gasteiger partial charge >= 0.3 is 0 Å². The molecule has 0 radical (unpaired) electrons. The Hall–Kier alpha value is -1.07. The van der Waals surface area contributed by atoms with E-state index in [4.69, 9.17) is 4.74 Å². The Morgan fingerprint density at radius 1 is 1.28 bits per heavy atom. The molecule has 0 saturated heterocycles. The second kappa shape index (κ2) is 5.28. The number of ether oxygens (including phenoxy) is 1. The summed E-state index contributed by atoms with van der Waals surface area (Å²) in [5.74, 6) is 0.825. The molecule has 0 fully saturated rings. The predicted octanol–water partition coefficient (Wildman–Crippen LogP) is 2.04. The lowest BCUT2D eigenvalue weighted by molar-refractivity contribution is 0.397. The van der Waals surface area contributed by atoms with Gasteiger partial charge in [0.05, 0.1) is 13.4 Å². The van der Waals surface area contributed by atoms with E-state index in [9.17, 15) is 8.42 Å². The van der Waals surface area contributed by atoms with Gasteiger partial charge in [-0.25, -0.2) is 13.1 Å². The van der Waals surface area contributed by atoms with Crippen LogP contribution in [0.25, 0.3) is 0 Å². The fourth-order valence-electron chi connectivity index (χ4n) is 1.67. The minimum atomic E-state index is -3.17. The summed E-state index contributed by atoms with van der Waals surface area (Å²) in [5, 5.41) is 0. The smallest absolute Gasteiger partial charge is 0.209 e. The van der Waals surface area contributed by atoms with Gasteiger partial charge in [0, 0.05) is 6.54 Å². The fraction of sp³-hybridized carbons (Fsp3) is 0.538. The lowest BCUT2D eigenvalue weighted by Crippen LogP contribution is -2.21. The van der Waals surface area contributed by atoms with Gasteiger partial charge < -0.3 is 4.74 Å². The van der Waals surface area contributed by atoms with Crippen molar-refractivity contribution in [3.63, 3.8) is 0 Å². The molecule has 4 nitrogen and oxygen atoms in total. The second-order valence-electron chi connectivity index (χ2n) is 5.38. The summed E-state index contributed by atoms with van der Waals surface area (Å²) < 4.78 is 30.0. The molecule has 0 amide bonds. The topological polar surface area (TPSA) is 55.4 Å². The molecule has 0 unspecified atom stereocenters. The lowest BCUT2D eigenvalue weighted by Gasteiger charge is -2.23. The van der Waals surface area contributed by atoms with Gasteiger partial charge in [-0.05, 0) is 22.6 Å². The van der Waals surface area contributed by atoms with Crippen LogP contribution in [0.3, 0.4) is 0 Å². The first-order valence-electron chi connectivity index (χ1n) is 5.75. The van der Waals surface area contributed by atoms with Crippen molar-refractivity contribution in [3.8, 4) is 5.75 Å². The molecule has 5 heteroatoms. The molecule has 102 valence electrons. The zero-order chi connectivity index (χ0) is 14.0. The highest BCUT2D eigenvalue weighted by Crippen LogP contribution is 2.31. The van der Waals surface area contributed by atoms with Crippen LogP contribution in [0.1, 0.15) is 31.9 Å². The van der Waals surface area contributed by atoms with Crippen LogP contribution in [-0.2, 0) is 22.0 Å². The van der Waals surface area contributed by atoms with E-state index in [0.717, 1.165) is 23.1 Å². The standard InChI is InChI=1S/C13H21NO3S/c1-13(2,3)11-8-10(6-7-12(11)17-4)9-14-18(5,15)16/h6-8,14H,9H2,1-5H3. The van der Waals surface area contributed by atoms with Crippen molar-refractivity contribution in [1.29, 1.82) is 0 Å². The molecule has 1 aromatic carbocycles. The van der Waals surface area contributed by atoms with E-state index >= 15 is 0 Å². The van der Waals surface area contributed by atoms with Crippen LogP contribution in [0.5, 0.6) is 5.75 Å². The molecule has 0 atom stereocenters. The Balaban J connectivity index is 3.04. The molecule has 18 heavy (non-hydrogen) atoms. The van der Waals surface area contributed by atoms with Gasteiger partial charge in [-0.2, -0.15) is 0 Å². The molecule has 0 aliphatic rings. The summed E-state index contributed by atoms with van der Waals surface area (Å²) >= 11 is 0. The Morgan fingerprint density at radius 3 is 2.33 bits per heavy atom. The summed E-state index contributed by atoms with van der Waals surface area (Å²) in [4.78, 5) is 0. The first-order valence-corrected chi connectivity index (χ1v) is 7.64. The van der Waals surface area contributed by atoms with Crippen LogP contribution in [0, 0.1) is 0 Å². The average Bonchev–Trinajstić information content (AvgIpc) is 2.24. The van der Waals surface area contributed by atoms with Crippen LogP contribution < -0.4 is 9.46 Å². The number of benzene rings is 1. The van der Waals surface area contributed by atoms with Crippen LogP contribution in [-0.4, -0.2) is 21.8 Å². The molecule has 0 heterocycles. The maximum atomic E-state index is 11.1. The molecule has 0 aromatic heterocycles. The highest BCUT2D eigenvalue weighted by Gasteiger charge is 2.19. The van der Waals surface area contributed by atoms with Crippen molar-refractivity contribution in [1.82, 2.24) is 4.72 Å². The van der Waals surface area contributed by atoms with E-state index in [1.165, 1.54) is 0 Å². The van der Waals surface area contributed by atoms with Crippen LogP contribution in [0.4, 0.5) is 0 Å². The number of methoxy groups -OCH3 is 1. The molecular weight excluding hydrogens is 250 g/mol. The Bertz CT molecular complexity index is 516. The predicted molar refractivity (Wildman–Crippen MR) is 73.4 cm³/mol. The summed E-state index contributed by atoms with van der Waals surface area (Å²) in [6.45, 7) is 6.59. The molecule has 0 aliphatic heterocycles. The van der Waals surface area contributed by atoms with Gasteiger partial charge in [0.1, 0.15) is 5.75 Å². The van der Waals surface area contributed by atoms with Crippen molar-refractivity contribution in [2.45, 2.75) is 32.7 Å². The van der Waals surface area contributed by atoms with E-state index in [1.54, 1.807) is 7.11 Å². The quantitative estimate of drug-likeness (QED) is 0.911. The van der Waals surface area contributed by atoms with Crippen molar-refractivity contribution in [3.05, 3.63) is 29.3 Å². The van der Waals surface area contributed by atoms with E-state index < -0.39 is 10.0 Å². The second-order valence-corrected chi connectivity index (χ2v) is 7.21. The van der Waals surface area contributed by atoms with E-state index in [-0.39, 0.29) is 5.41 Å². The summed E-state index contributed by atoms with van der Waals surface area (Å²) in [7, 11) is -1.53. The van der Waals surface area contributed by atoms with Crippen LogP contribution in [0.2, 0.25) is 0 Å². The van der Waals surface area contributed by atoms with Crippen LogP contribution in [0.15, 0.2) is 18.2 Å². The summed E-state index contributed by atoms with van der Waals surface area (Å²) in [5.41, 5.74) is 1.94. The zero-order valence-electron chi connectivity index (χ0n) is 11.6. The highest BCUT2D eigenvalue weighted by atomic mass is 32.2. The minimum Gasteiger partial charge on any atom is -0.496 e. The van der Waals surface area contributed by atoms with Crippen molar-refractivity contribution in [2.75, 3.05) is 13.4 Å². The monoisotopic (exact) mass is 271 g/mol. The number of nitrogens with one attached hydrogen (secondary N) is 1. The number of sulfonamides is 1. The van der Waals surface area contributed by atoms with Gasteiger partial charge in [-0.1, -0.05) is 32.9 Å². The van der Waals surface area contributed by atoms with Crippen molar-refractivity contribution < 1.29 is 13.2 Å². The molecule has 0 saturated carbocycles.